The van der Waals surface area contributed by atoms with E-state index in [4.69, 9.17) is 4.74 Å². The van der Waals surface area contributed by atoms with Crippen LogP contribution in [0.15, 0.2) is 73.4 Å². The van der Waals surface area contributed by atoms with Gasteiger partial charge in [-0.15, -0.1) is 0 Å². The van der Waals surface area contributed by atoms with Gasteiger partial charge in [0.2, 0.25) is 0 Å². The van der Waals surface area contributed by atoms with E-state index in [2.05, 4.69) is 40.5 Å². The highest BCUT2D eigenvalue weighted by molar-refractivity contribution is 6.04. The number of pyridine rings is 1. The molecule has 1 amide bonds. The van der Waals surface area contributed by atoms with Gasteiger partial charge in [0.25, 0.3) is 5.91 Å². The number of amides is 1. The number of ether oxygens (including phenoxy) is 1. The zero-order chi connectivity index (χ0) is 27.6. The number of rotatable bonds is 12. The van der Waals surface area contributed by atoms with Crippen LogP contribution in [0.3, 0.4) is 0 Å². The standard InChI is InChI=1S/C32H40N4O3/c1-4-17-35(18-5-2)29-12-9-26(10-13-29)32(38)34-28-11-14-31(33-22-28)36-19-15-25(16-20-36)23-39-30-8-6-7-27(21-30)24(3)37/h6-14,21-22,25,37H,3-5,15-20,23H2,1-2H3,(H,34,38). The molecule has 0 aliphatic carbocycles. The monoisotopic (exact) mass is 528 g/mol. The van der Waals surface area contributed by atoms with E-state index in [-0.39, 0.29) is 11.7 Å². The van der Waals surface area contributed by atoms with Gasteiger partial charge in [0, 0.05) is 43.0 Å². The lowest BCUT2D eigenvalue weighted by atomic mass is 9.98. The molecule has 0 unspecified atom stereocenters. The van der Waals surface area contributed by atoms with Gasteiger partial charge < -0.3 is 25.0 Å². The van der Waals surface area contributed by atoms with Gasteiger partial charge in [-0.1, -0.05) is 32.6 Å². The van der Waals surface area contributed by atoms with E-state index in [0.717, 1.165) is 69.1 Å². The Hall–Kier alpha value is -4.00. The topological polar surface area (TPSA) is 77.9 Å². The van der Waals surface area contributed by atoms with E-state index in [1.807, 2.05) is 60.7 Å². The van der Waals surface area contributed by atoms with Crippen molar-refractivity contribution < 1.29 is 14.6 Å². The lowest BCUT2D eigenvalue weighted by molar-refractivity contribution is 0.102. The van der Waals surface area contributed by atoms with Crippen molar-refractivity contribution in [2.75, 3.05) is 47.9 Å². The number of nitrogens with zero attached hydrogens (tertiary/aromatic N) is 3. The smallest absolute Gasteiger partial charge is 0.255 e. The van der Waals surface area contributed by atoms with E-state index in [9.17, 15) is 9.90 Å². The number of aliphatic hydroxyl groups is 1. The molecule has 0 atom stereocenters. The van der Waals surface area contributed by atoms with Crippen LogP contribution in [0, 0.1) is 5.92 Å². The summed E-state index contributed by atoms with van der Waals surface area (Å²) < 4.78 is 5.98. The second kappa shape index (κ2) is 13.7. The zero-order valence-corrected chi connectivity index (χ0v) is 23.1. The van der Waals surface area contributed by atoms with Crippen LogP contribution in [0.4, 0.5) is 17.2 Å². The van der Waals surface area contributed by atoms with Crippen LogP contribution in [0.2, 0.25) is 0 Å². The summed E-state index contributed by atoms with van der Waals surface area (Å²) in [5.74, 6) is 2.03. The molecule has 3 aromatic rings. The van der Waals surface area contributed by atoms with Crippen LogP contribution < -0.4 is 19.9 Å². The summed E-state index contributed by atoms with van der Waals surface area (Å²) in [7, 11) is 0. The fourth-order valence-electron chi connectivity index (χ4n) is 4.89. The summed E-state index contributed by atoms with van der Waals surface area (Å²) in [4.78, 5) is 22.0. The number of aliphatic hydroxyl groups excluding tert-OH is 1. The van der Waals surface area contributed by atoms with Gasteiger partial charge in [0.05, 0.1) is 18.5 Å². The van der Waals surface area contributed by atoms with E-state index in [0.29, 0.717) is 29.3 Å². The van der Waals surface area contributed by atoms with Crippen LogP contribution in [0.5, 0.6) is 5.75 Å². The molecule has 0 saturated carbocycles. The van der Waals surface area contributed by atoms with E-state index in [1.165, 1.54) is 0 Å². The lowest BCUT2D eigenvalue weighted by Crippen LogP contribution is -2.36. The SMILES string of the molecule is C=C(O)c1cccc(OCC2CCN(c3ccc(NC(=O)c4ccc(N(CCC)CCC)cc4)cn3)CC2)c1. The summed E-state index contributed by atoms with van der Waals surface area (Å²) in [6.07, 6.45) is 5.93. The van der Waals surface area contributed by atoms with E-state index < -0.39 is 0 Å². The Balaban J connectivity index is 1.25. The summed E-state index contributed by atoms with van der Waals surface area (Å²) >= 11 is 0. The van der Waals surface area contributed by atoms with Crippen molar-refractivity contribution in [3.8, 4) is 5.75 Å². The van der Waals surface area contributed by atoms with Gasteiger partial charge in [-0.3, -0.25) is 4.79 Å². The van der Waals surface area contributed by atoms with Gasteiger partial charge in [-0.05, 0) is 80.1 Å². The molecule has 4 rings (SSSR count). The maximum atomic E-state index is 12.8. The molecule has 2 aromatic carbocycles. The van der Waals surface area contributed by atoms with Crippen molar-refractivity contribution in [2.24, 2.45) is 5.92 Å². The number of hydrogen-bond donors (Lipinski definition) is 2. The Labute approximate surface area is 232 Å². The molecular formula is C32H40N4O3. The molecule has 7 nitrogen and oxygen atoms in total. The second-order valence-electron chi connectivity index (χ2n) is 10.1. The third-order valence-corrected chi connectivity index (χ3v) is 7.08. The first-order chi connectivity index (χ1) is 19.0. The normalized spacial score (nSPS) is 13.6. The van der Waals surface area contributed by atoms with Crippen molar-refractivity contribution in [3.63, 3.8) is 0 Å². The van der Waals surface area contributed by atoms with Gasteiger partial charge >= 0.3 is 0 Å². The van der Waals surface area contributed by atoms with Gasteiger partial charge in [0.15, 0.2) is 0 Å². The number of hydrogen-bond acceptors (Lipinski definition) is 6. The number of carbonyl (C=O) groups excluding carboxylic acids is 1. The molecule has 0 radical (unpaired) electrons. The third-order valence-electron chi connectivity index (χ3n) is 7.08. The minimum absolute atomic E-state index is 0.0437. The van der Waals surface area contributed by atoms with Gasteiger partial charge in [0.1, 0.15) is 17.3 Å². The molecule has 7 heteroatoms. The minimum atomic E-state index is -0.136. The molecule has 2 heterocycles. The van der Waals surface area contributed by atoms with Crippen molar-refractivity contribution in [1.29, 1.82) is 0 Å². The lowest BCUT2D eigenvalue weighted by Gasteiger charge is -2.32. The predicted octanol–water partition coefficient (Wildman–Crippen LogP) is 6.78. The average Bonchev–Trinajstić information content (AvgIpc) is 2.97. The summed E-state index contributed by atoms with van der Waals surface area (Å²) in [5, 5.41) is 12.6. The van der Waals surface area contributed by atoms with Gasteiger partial charge in [-0.2, -0.15) is 0 Å². The first-order valence-corrected chi connectivity index (χ1v) is 13.9. The molecular weight excluding hydrogens is 488 g/mol. The number of nitrogens with one attached hydrogen (secondary N) is 1. The predicted molar refractivity (Wildman–Crippen MR) is 160 cm³/mol. The summed E-state index contributed by atoms with van der Waals surface area (Å²) in [6.45, 7) is 12.4. The Kier molecular flexibility index (Phi) is 9.84. The van der Waals surface area contributed by atoms with Gasteiger partial charge in [-0.25, -0.2) is 4.98 Å². The maximum Gasteiger partial charge on any atom is 0.255 e. The van der Waals surface area contributed by atoms with Crippen LogP contribution in [-0.4, -0.2) is 48.8 Å². The Bertz CT molecular complexity index is 1210. The fraction of sp³-hybridized carbons (Fsp3) is 0.375. The van der Waals surface area contributed by atoms with Crippen LogP contribution in [0.1, 0.15) is 55.5 Å². The van der Waals surface area contributed by atoms with Crippen molar-refractivity contribution in [2.45, 2.75) is 39.5 Å². The van der Waals surface area contributed by atoms with Crippen molar-refractivity contribution in [3.05, 3.63) is 84.6 Å². The molecule has 39 heavy (non-hydrogen) atoms. The largest absolute Gasteiger partial charge is 0.508 e. The maximum absolute atomic E-state index is 12.8. The first-order valence-electron chi connectivity index (χ1n) is 13.9. The Morgan fingerprint density at radius 1 is 1.05 bits per heavy atom. The average molecular weight is 529 g/mol. The molecule has 1 fully saturated rings. The minimum Gasteiger partial charge on any atom is -0.508 e. The van der Waals surface area contributed by atoms with Crippen LogP contribution in [-0.2, 0) is 0 Å². The van der Waals surface area contributed by atoms with E-state index >= 15 is 0 Å². The zero-order valence-electron chi connectivity index (χ0n) is 23.1. The summed E-state index contributed by atoms with van der Waals surface area (Å²) in [6, 6.07) is 19.1. The van der Waals surface area contributed by atoms with Crippen molar-refractivity contribution >= 4 is 28.9 Å². The van der Waals surface area contributed by atoms with Crippen LogP contribution in [0.25, 0.3) is 5.76 Å². The highest BCUT2D eigenvalue weighted by Crippen LogP contribution is 2.25. The molecule has 1 aromatic heterocycles. The quantitative estimate of drug-likeness (QED) is 0.252. The third kappa shape index (κ3) is 7.76. The molecule has 206 valence electrons. The van der Waals surface area contributed by atoms with Crippen molar-refractivity contribution in [1.82, 2.24) is 4.98 Å². The number of aromatic nitrogens is 1. The molecule has 1 saturated heterocycles. The molecule has 0 spiro atoms. The molecule has 0 bridgehead atoms. The van der Waals surface area contributed by atoms with Crippen LogP contribution >= 0.6 is 0 Å². The number of carbonyl (C=O) groups is 1. The number of anilines is 3. The van der Waals surface area contributed by atoms with E-state index in [1.54, 1.807) is 6.20 Å². The first kappa shape index (κ1) is 28.0. The number of benzene rings is 2. The highest BCUT2D eigenvalue weighted by atomic mass is 16.5. The fourth-order valence-corrected chi connectivity index (χ4v) is 4.89. The number of piperidine rings is 1. The highest BCUT2D eigenvalue weighted by Gasteiger charge is 2.21. The summed E-state index contributed by atoms with van der Waals surface area (Å²) in [5.41, 5.74) is 3.14. The second-order valence-corrected chi connectivity index (χ2v) is 10.1. The molecule has 1 aliphatic rings. The Morgan fingerprint density at radius 3 is 2.38 bits per heavy atom. The Morgan fingerprint density at radius 2 is 1.77 bits per heavy atom. The molecule has 1 aliphatic heterocycles. The molecule has 2 N–H and O–H groups in total.